The van der Waals surface area contributed by atoms with Crippen molar-refractivity contribution in [2.24, 2.45) is 5.41 Å². The van der Waals surface area contributed by atoms with Gasteiger partial charge in [0.2, 0.25) is 0 Å². The molecule has 2 amide bonds. The highest BCUT2D eigenvalue weighted by Gasteiger charge is 2.52. The van der Waals surface area contributed by atoms with Crippen LogP contribution in [0, 0.1) is 5.41 Å². The fraction of sp³-hybridized carbons (Fsp3) is 0.350. The molecular formula is C20H19F2NO7S. The van der Waals surface area contributed by atoms with E-state index in [1.165, 1.54) is 38.1 Å². The molecule has 0 radical (unpaired) electrons. The fourth-order valence-corrected chi connectivity index (χ4v) is 3.43. The number of halogens is 2. The van der Waals surface area contributed by atoms with Gasteiger partial charge in [0.25, 0.3) is 11.8 Å². The second kappa shape index (κ2) is 7.65. The highest BCUT2D eigenvalue weighted by Crippen LogP contribution is 2.33. The summed E-state index contributed by atoms with van der Waals surface area (Å²) in [5.74, 6) is -3.45. The summed E-state index contributed by atoms with van der Waals surface area (Å²) in [5.41, 5.74) is -1.27. The number of ether oxygens (including phenoxy) is 1. The molecule has 11 heteroatoms. The molecule has 31 heavy (non-hydrogen) atoms. The lowest BCUT2D eigenvalue weighted by molar-refractivity contribution is -0.160. The van der Waals surface area contributed by atoms with E-state index in [9.17, 15) is 31.6 Å². The Morgan fingerprint density at radius 1 is 1.03 bits per heavy atom. The van der Waals surface area contributed by atoms with Crippen LogP contribution in [0.25, 0.3) is 10.8 Å². The number of nitrogens with zero attached hydrogens (tertiary/aromatic N) is 1. The van der Waals surface area contributed by atoms with Crippen LogP contribution >= 0.6 is 0 Å². The monoisotopic (exact) mass is 455 g/mol. The molecule has 2 aromatic rings. The second-order valence-corrected chi connectivity index (χ2v) is 9.25. The Hall–Kier alpha value is -2.92. The maximum atomic E-state index is 14.3. The first-order chi connectivity index (χ1) is 14.3. The largest absolute Gasteiger partial charge is 0.458 e. The van der Waals surface area contributed by atoms with Crippen molar-refractivity contribution in [2.45, 2.75) is 32.4 Å². The first-order valence-corrected chi connectivity index (χ1v) is 10.6. The number of hydroxylamine groups is 2. The predicted octanol–water partition coefficient (Wildman–Crippen LogP) is 3.27. The third-order valence-electron chi connectivity index (χ3n) is 5.08. The van der Waals surface area contributed by atoms with Crippen LogP contribution in [0.15, 0.2) is 36.4 Å². The number of imide groups is 1. The lowest BCUT2D eigenvalue weighted by Crippen LogP contribution is -2.47. The van der Waals surface area contributed by atoms with Crippen LogP contribution in [-0.4, -0.2) is 43.1 Å². The van der Waals surface area contributed by atoms with E-state index < -0.39 is 45.2 Å². The zero-order valence-electron chi connectivity index (χ0n) is 16.8. The summed E-state index contributed by atoms with van der Waals surface area (Å²) in [5, 5.41) is -4.14. The summed E-state index contributed by atoms with van der Waals surface area (Å²) in [6, 6.07) is 8.89. The van der Waals surface area contributed by atoms with Crippen LogP contribution in [-0.2, 0) is 23.9 Å². The number of rotatable bonds is 7. The standard InChI is InChI=1S/C20H19F2NO7S/c1-4-19(2,3)18(26)29-11-20(21,22)31(27,28)30-23-16(24)13-9-5-7-12-8-6-10-14(15(12)13)17(23)25/h5-10H,4,11H2,1-3H3. The minimum atomic E-state index is -5.87. The molecule has 0 saturated carbocycles. The van der Waals surface area contributed by atoms with E-state index in [2.05, 4.69) is 9.02 Å². The zero-order valence-corrected chi connectivity index (χ0v) is 17.7. The van der Waals surface area contributed by atoms with Crippen molar-refractivity contribution in [3.63, 3.8) is 0 Å². The second-order valence-electron chi connectivity index (χ2n) is 7.59. The van der Waals surface area contributed by atoms with Gasteiger partial charge in [-0.2, -0.15) is 17.2 Å². The maximum Gasteiger partial charge on any atom is 0.404 e. The van der Waals surface area contributed by atoms with Gasteiger partial charge in [-0.1, -0.05) is 31.2 Å². The number of hydrogen-bond donors (Lipinski definition) is 0. The van der Waals surface area contributed by atoms with E-state index in [0.717, 1.165) is 0 Å². The van der Waals surface area contributed by atoms with Gasteiger partial charge in [-0.05, 0) is 37.8 Å². The minimum Gasteiger partial charge on any atom is -0.458 e. The Kier molecular flexibility index (Phi) is 5.61. The molecular weight excluding hydrogens is 436 g/mol. The molecule has 0 atom stereocenters. The van der Waals surface area contributed by atoms with Crippen molar-refractivity contribution < 1.29 is 40.6 Å². The van der Waals surface area contributed by atoms with Gasteiger partial charge in [-0.25, -0.2) is 0 Å². The molecule has 1 aliphatic heterocycles. The van der Waals surface area contributed by atoms with Crippen LogP contribution in [0.1, 0.15) is 47.9 Å². The van der Waals surface area contributed by atoms with E-state index >= 15 is 0 Å². The van der Waals surface area contributed by atoms with Gasteiger partial charge >= 0.3 is 21.3 Å². The molecule has 8 nitrogen and oxygen atoms in total. The molecule has 166 valence electrons. The first kappa shape index (κ1) is 22.8. The van der Waals surface area contributed by atoms with Crippen molar-refractivity contribution in [1.82, 2.24) is 5.06 Å². The lowest BCUT2D eigenvalue weighted by atomic mass is 9.91. The van der Waals surface area contributed by atoms with Gasteiger partial charge in [-0.3, -0.25) is 14.4 Å². The molecule has 2 aromatic carbocycles. The van der Waals surface area contributed by atoms with E-state index in [1.54, 1.807) is 19.1 Å². The molecule has 0 bridgehead atoms. The van der Waals surface area contributed by atoms with Crippen LogP contribution in [0.3, 0.4) is 0 Å². The number of benzene rings is 2. The summed E-state index contributed by atoms with van der Waals surface area (Å²) in [4.78, 5) is 37.2. The number of hydrogen-bond acceptors (Lipinski definition) is 7. The van der Waals surface area contributed by atoms with E-state index in [1.807, 2.05) is 0 Å². The Balaban J connectivity index is 1.87. The molecule has 0 saturated heterocycles. The third-order valence-corrected chi connectivity index (χ3v) is 6.28. The predicted molar refractivity (Wildman–Crippen MR) is 104 cm³/mol. The zero-order chi connectivity index (χ0) is 23.2. The normalized spacial score (nSPS) is 14.8. The lowest BCUT2D eigenvalue weighted by Gasteiger charge is -2.27. The highest BCUT2D eigenvalue weighted by atomic mass is 32.2. The average molecular weight is 455 g/mol. The minimum absolute atomic E-state index is 0.0812. The Morgan fingerprint density at radius 2 is 1.55 bits per heavy atom. The third kappa shape index (κ3) is 3.90. The maximum absolute atomic E-state index is 14.3. The molecule has 0 aliphatic carbocycles. The smallest absolute Gasteiger partial charge is 0.404 e. The first-order valence-electron chi connectivity index (χ1n) is 9.22. The van der Waals surface area contributed by atoms with Gasteiger partial charge in [0.1, 0.15) is 0 Å². The molecule has 0 fully saturated rings. The van der Waals surface area contributed by atoms with E-state index in [4.69, 9.17) is 0 Å². The van der Waals surface area contributed by atoms with Crippen molar-refractivity contribution >= 4 is 38.7 Å². The van der Waals surface area contributed by atoms with Crippen molar-refractivity contribution in [3.8, 4) is 0 Å². The molecule has 0 N–H and O–H groups in total. The van der Waals surface area contributed by atoms with E-state index in [0.29, 0.717) is 5.39 Å². The van der Waals surface area contributed by atoms with Crippen molar-refractivity contribution in [3.05, 3.63) is 47.5 Å². The van der Waals surface area contributed by atoms with Crippen molar-refractivity contribution in [2.75, 3.05) is 6.61 Å². The van der Waals surface area contributed by atoms with Gasteiger partial charge in [-0.15, -0.1) is 9.35 Å². The summed E-state index contributed by atoms with van der Waals surface area (Å²) < 4.78 is 61.8. The van der Waals surface area contributed by atoms with Gasteiger partial charge in [0, 0.05) is 5.39 Å². The fourth-order valence-electron chi connectivity index (χ4n) is 2.79. The number of carbonyl (C=O) groups excluding carboxylic acids is 3. The molecule has 1 heterocycles. The van der Waals surface area contributed by atoms with Crippen molar-refractivity contribution in [1.29, 1.82) is 0 Å². The summed E-state index contributed by atoms with van der Waals surface area (Å²) in [6.45, 7) is 2.69. The van der Waals surface area contributed by atoms with Gasteiger partial charge < -0.3 is 4.74 Å². The van der Waals surface area contributed by atoms with Gasteiger partial charge in [0.05, 0.1) is 16.5 Å². The summed E-state index contributed by atoms with van der Waals surface area (Å²) >= 11 is 0. The number of alkyl halides is 2. The van der Waals surface area contributed by atoms with Crippen LogP contribution in [0.4, 0.5) is 8.78 Å². The SMILES string of the molecule is CCC(C)(C)C(=O)OCC(F)(F)S(=O)(=O)ON1C(=O)c2cccc3cccc(c23)C1=O. The molecule has 0 unspecified atom stereocenters. The number of carbonyl (C=O) groups is 3. The summed E-state index contributed by atoms with van der Waals surface area (Å²) in [6.07, 6.45) is 0.266. The Morgan fingerprint density at radius 3 is 2.03 bits per heavy atom. The molecule has 0 spiro atoms. The number of esters is 1. The Labute approximate surface area is 176 Å². The average Bonchev–Trinajstić information content (AvgIpc) is 2.72. The van der Waals surface area contributed by atoms with Crippen LogP contribution in [0.5, 0.6) is 0 Å². The highest BCUT2D eigenvalue weighted by molar-refractivity contribution is 7.87. The van der Waals surface area contributed by atoms with Crippen LogP contribution in [0.2, 0.25) is 0 Å². The van der Waals surface area contributed by atoms with E-state index in [-0.39, 0.29) is 28.0 Å². The van der Waals surface area contributed by atoms with Crippen LogP contribution < -0.4 is 0 Å². The molecule has 0 aromatic heterocycles. The quantitative estimate of drug-likeness (QED) is 0.466. The number of amides is 2. The summed E-state index contributed by atoms with van der Waals surface area (Å²) in [7, 11) is -5.87. The Bertz CT molecular complexity index is 1140. The topological polar surface area (TPSA) is 107 Å². The van der Waals surface area contributed by atoms with Gasteiger partial charge in [0.15, 0.2) is 6.61 Å². The molecule has 1 aliphatic rings. The molecule has 3 rings (SSSR count).